The third-order valence-electron chi connectivity index (χ3n) is 2.91. The Bertz CT molecular complexity index is 507. The lowest BCUT2D eigenvalue weighted by atomic mass is 10.0. The summed E-state index contributed by atoms with van der Waals surface area (Å²) in [6, 6.07) is 2.82. The van der Waals surface area contributed by atoms with Gasteiger partial charge in [0, 0.05) is 17.8 Å². The molecule has 2 atom stereocenters. The van der Waals surface area contributed by atoms with Gasteiger partial charge in [-0.05, 0) is 26.0 Å². The molecule has 6 nitrogen and oxygen atoms in total. The van der Waals surface area contributed by atoms with Crippen LogP contribution in [0.1, 0.15) is 13.8 Å². The summed E-state index contributed by atoms with van der Waals surface area (Å²) < 4.78 is 18.2. The molecule has 1 aromatic carbocycles. The van der Waals surface area contributed by atoms with E-state index in [1.807, 2.05) is 0 Å². The van der Waals surface area contributed by atoms with Gasteiger partial charge in [-0.1, -0.05) is 0 Å². The molecule has 2 unspecified atom stereocenters. The SMILES string of the molecule is COc1ccc(NC(=O)NC(C)C(C)C(=O)O)cc1F. The number of hydrogen-bond donors (Lipinski definition) is 3. The Morgan fingerprint density at radius 3 is 2.50 bits per heavy atom. The topological polar surface area (TPSA) is 87.7 Å². The molecule has 1 rings (SSSR count). The van der Waals surface area contributed by atoms with Gasteiger partial charge in [0.05, 0.1) is 13.0 Å². The molecule has 0 bridgehead atoms. The number of ether oxygens (including phenoxy) is 1. The number of nitrogens with one attached hydrogen (secondary N) is 2. The molecule has 3 N–H and O–H groups in total. The van der Waals surface area contributed by atoms with Crippen molar-refractivity contribution >= 4 is 17.7 Å². The molecule has 2 amide bonds. The molecule has 7 heteroatoms. The number of amides is 2. The van der Waals surface area contributed by atoms with Crippen LogP contribution in [0.2, 0.25) is 0 Å². The Balaban J connectivity index is 2.63. The average molecular weight is 284 g/mol. The Kier molecular flexibility index (Phi) is 5.31. The fourth-order valence-electron chi connectivity index (χ4n) is 1.46. The molecule has 0 aromatic heterocycles. The third-order valence-corrected chi connectivity index (χ3v) is 2.91. The number of carboxylic acid groups (broad SMARTS) is 1. The first kappa shape index (κ1) is 15.7. The lowest BCUT2D eigenvalue weighted by molar-refractivity contribution is -0.141. The molecular formula is C13H17FN2O4. The second kappa shape index (κ2) is 6.74. The van der Waals surface area contributed by atoms with E-state index in [0.29, 0.717) is 0 Å². The zero-order chi connectivity index (χ0) is 15.3. The standard InChI is InChI=1S/C13H17FN2O4/c1-7(12(17)18)8(2)15-13(19)16-9-4-5-11(20-3)10(14)6-9/h4-8H,1-3H3,(H,17,18)(H2,15,16,19). The van der Waals surface area contributed by atoms with Crippen LogP contribution in [-0.4, -0.2) is 30.3 Å². The fraction of sp³-hybridized carbons (Fsp3) is 0.385. The molecule has 0 saturated heterocycles. The number of hydrogen-bond acceptors (Lipinski definition) is 3. The predicted octanol–water partition coefficient (Wildman–Crippen LogP) is 2.06. The van der Waals surface area contributed by atoms with Crippen LogP contribution in [0.3, 0.4) is 0 Å². The normalized spacial score (nSPS) is 13.2. The van der Waals surface area contributed by atoms with Gasteiger partial charge < -0.3 is 20.5 Å². The van der Waals surface area contributed by atoms with Gasteiger partial charge in [-0.25, -0.2) is 9.18 Å². The van der Waals surface area contributed by atoms with Crippen LogP contribution in [0.15, 0.2) is 18.2 Å². The molecular weight excluding hydrogens is 267 g/mol. The van der Waals surface area contributed by atoms with E-state index in [1.54, 1.807) is 6.92 Å². The van der Waals surface area contributed by atoms with Crippen LogP contribution in [0.5, 0.6) is 5.75 Å². The summed E-state index contributed by atoms with van der Waals surface area (Å²) >= 11 is 0. The highest BCUT2D eigenvalue weighted by molar-refractivity contribution is 5.89. The number of carboxylic acids is 1. The van der Waals surface area contributed by atoms with E-state index in [9.17, 15) is 14.0 Å². The van der Waals surface area contributed by atoms with Crippen molar-refractivity contribution < 1.29 is 23.8 Å². The summed E-state index contributed by atoms with van der Waals surface area (Å²) in [5.41, 5.74) is 0.246. The number of aliphatic carboxylic acids is 1. The van der Waals surface area contributed by atoms with Crippen molar-refractivity contribution in [3.05, 3.63) is 24.0 Å². The van der Waals surface area contributed by atoms with Crippen LogP contribution < -0.4 is 15.4 Å². The van der Waals surface area contributed by atoms with Crippen LogP contribution in [-0.2, 0) is 4.79 Å². The van der Waals surface area contributed by atoms with Crippen molar-refractivity contribution in [1.82, 2.24) is 5.32 Å². The van der Waals surface area contributed by atoms with E-state index in [4.69, 9.17) is 9.84 Å². The van der Waals surface area contributed by atoms with Gasteiger partial charge in [-0.15, -0.1) is 0 Å². The van der Waals surface area contributed by atoms with E-state index >= 15 is 0 Å². The molecule has 0 aliphatic rings. The molecule has 0 heterocycles. The van der Waals surface area contributed by atoms with E-state index in [-0.39, 0.29) is 11.4 Å². The summed E-state index contributed by atoms with van der Waals surface area (Å²) in [7, 11) is 1.34. The summed E-state index contributed by atoms with van der Waals surface area (Å²) in [4.78, 5) is 22.4. The Hall–Kier alpha value is -2.31. The predicted molar refractivity (Wildman–Crippen MR) is 71.4 cm³/mol. The lowest BCUT2D eigenvalue weighted by Crippen LogP contribution is -2.42. The number of benzene rings is 1. The number of methoxy groups -OCH3 is 1. The number of urea groups is 1. The first-order valence-electron chi connectivity index (χ1n) is 5.99. The fourth-order valence-corrected chi connectivity index (χ4v) is 1.46. The summed E-state index contributed by atoms with van der Waals surface area (Å²) in [6.07, 6.45) is 0. The first-order chi connectivity index (χ1) is 9.35. The van der Waals surface area contributed by atoms with E-state index < -0.39 is 29.8 Å². The average Bonchev–Trinajstić information content (AvgIpc) is 2.37. The molecule has 0 aliphatic heterocycles. The van der Waals surface area contributed by atoms with Gasteiger partial charge in [0.1, 0.15) is 0 Å². The van der Waals surface area contributed by atoms with Gasteiger partial charge in [-0.3, -0.25) is 4.79 Å². The molecule has 0 fully saturated rings. The monoisotopic (exact) mass is 284 g/mol. The largest absolute Gasteiger partial charge is 0.494 e. The summed E-state index contributed by atoms with van der Waals surface area (Å²) in [5.74, 6) is -2.26. The second-order valence-corrected chi connectivity index (χ2v) is 4.36. The van der Waals surface area contributed by atoms with Crippen molar-refractivity contribution in [3.8, 4) is 5.75 Å². The van der Waals surface area contributed by atoms with E-state index in [0.717, 1.165) is 6.07 Å². The third kappa shape index (κ3) is 4.11. The summed E-state index contributed by atoms with van der Waals surface area (Å²) in [5, 5.41) is 13.7. The van der Waals surface area contributed by atoms with Gasteiger partial charge in [0.15, 0.2) is 11.6 Å². The van der Waals surface area contributed by atoms with Crippen LogP contribution in [0, 0.1) is 11.7 Å². The minimum atomic E-state index is -1.01. The number of carbonyl (C=O) groups excluding carboxylic acids is 1. The van der Waals surface area contributed by atoms with E-state index in [1.165, 1.54) is 26.2 Å². The number of anilines is 1. The van der Waals surface area contributed by atoms with Crippen molar-refractivity contribution in [3.63, 3.8) is 0 Å². The van der Waals surface area contributed by atoms with Crippen LogP contribution in [0.25, 0.3) is 0 Å². The molecule has 1 aromatic rings. The van der Waals surface area contributed by atoms with Gasteiger partial charge >= 0.3 is 12.0 Å². The zero-order valence-corrected chi connectivity index (χ0v) is 11.4. The van der Waals surface area contributed by atoms with Crippen molar-refractivity contribution in [2.75, 3.05) is 12.4 Å². The molecule has 0 aliphatic carbocycles. The Labute approximate surface area is 115 Å². The smallest absolute Gasteiger partial charge is 0.319 e. The van der Waals surface area contributed by atoms with Crippen molar-refractivity contribution in [2.45, 2.75) is 19.9 Å². The minimum Gasteiger partial charge on any atom is -0.494 e. The highest BCUT2D eigenvalue weighted by Gasteiger charge is 2.21. The zero-order valence-electron chi connectivity index (χ0n) is 11.4. The number of halogens is 1. The Morgan fingerprint density at radius 2 is 2.00 bits per heavy atom. The maximum atomic E-state index is 13.4. The first-order valence-corrected chi connectivity index (χ1v) is 5.99. The van der Waals surface area contributed by atoms with Crippen molar-refractivity contribution in [1.29, 1.82) is 0 Å². The van der Waals surface area contributed by atoms with Crippen LogP contribution >= 0.6 is 0 Å². The van der Waals surface area contributed by atoms with Crippen LogP contribution in [0.4, 0.5) is 14.9 Å². The lowest BCUT2D eigenvalue weighted by Gasteiger charge is -2.18. The minimum absolute atomic E-state index is 0.0730. The number of rotatable bonds is 5. The highest BCUT2D eigenvalue weighted by atomic mass is 19.1. The van der Waals surface area contributed by atoms with Gasteiger partial charge in [0.2, 0.25) is 0 Å². The van der Waals surface area contributed by atoms with Gasteiger partial charge in [0.25, 0.3) is 0 Å². The maximum absolute atomic E-state index is 13.4. The second-order valence-electron chi connectivity index (χ2n) is 4.36. The summed E-state index contributed by atoms with van der Waals surface area (Å²) in [6.45, 7) is 3.06. The highest BCUT2D eigenvalue weighted by Crippen LogP contribution is 2.20. The molecule has 110 valence electrons. The Morgan fingerprint density at radius 1 is 1.35 bits per heavy atom. The molecule has 0 radical (unpaired) electrons. The molecule has 0 saturated carbocycles. The quantitative estimate of drug-likeness (QED) is 0.772. The molecule has 0 spiro atoms. The van der Waals surface area contributed by atoms with Gasteiger partial charge in [-0.2, -0.15) is 0 Å². The van der Waals surface area contributed by atoms with E-state index in [2.05, 4.69) is 10.6 Å². The maximum Gasteiger partial charge on any atom is 0.319 e. The molecule has 20 heavy (non-hydrogen) atoms. The number of carbonyl (C=O) groups is 2. The van der Waals surface area contributed by atoms with Crippen molar-refractivity contribution in [2.24, 2.45) is 5.92 Å².